The Hall–Kier alpha value is -2.19. The molecule has 0 amide bonds. The summed E-state index contributed by atoms with van der Waals surface area (Å²) in [4.78, 5) is 23.5. The predicted octanol–water partition coefficient (Wildman–Crippen LogP) is 2.19. The minimum Gasteiger partial charge on any atom is -0.462 e. The summed E-state index contributed by atoms with van der Waals surface area (Å²) >= 11 is 0. The fourth-order valence-corrected chi connectivity index (χ4v) is 1.25. The van der Waals surface area contributed by atoms with E-state index in [4.69, 9.17) is 0 Å². The molecular formula is C9H7F3N2O4. The Morgan fingerprint density at radius 2 is 2.17 bits per heavy atom. The first-order valence-corrected chi connectivity index (χ1v) is 4.66. The van der Waals surface area contributed by atoms with Gasteiger partial charge in [-0.3, -0.25) is 0 Å². The molecule has 1 aromatic rings. The van der Waals surface area contributed by atoms with Gasteiger partial charge in [0.25, 0.3) is 0 Å². The van der Waals surface area contributed by atoms with Gasteiger partial charge in [-0.25, -0.2) is 4.79 Å². The van der Waals surface area contributed by atoms with Gasteiger partial charge in [0, 0.05) is 0 Å². The maximum absolute atomic E-state index is 12.7. The van der Waals surface area contributed by atoms with E-state index < -0.39 is 34.0 Å². The second kappa shape index (κ2) is 4.98. The Labute approximate surface area is 98.5 Å². The zero-order valence-electron chi connectivity index (χ0n) is 9.02. The fraction of sp³-hybridized carbons (Fsp3) is 0.333. The van der Waals surface area contributed by atoms with Gasteiger partial charge in [-0.1, -0.05) is 0 Å². The van der Waals surface area contributed by atoms with Gasteiger partial charge < -0.3 is 14.9 Å². The Morgan fingerprint density at radius 1 is 1.56 bits per heavy atom. The highest BCUT2D eigenvalue weighted by Crippen LogP contribution is 2.37. The molecule has 0 aliphatic heterocycles. The number of hydrogen-bond donors (Lipinski definition) is 0. The van der Waals surface area contributed by atoms with Crippen LogP contribution in [0.3, 0.4) is 0 Å². The first kappa shape index (κ1) is 13.9. The Morgan fingerprint density at radius 3 is 2.61 bits per heavy atom. The quantitative estimate of drug-likeness (QED) is 0.474. The van der Waals surface area contributed by atoms with Gasteiger partial charge in [-0.2, -0.15) is 13.2 Å². The number of hydrogen-bond acceptors (Lipinski definition) is 5. The standard InChI is InChI=1S/C9H7F3N2O4/c1-2-18-8(15)5-3-4-13-7(14(16)17)6(5)9(10,11)12/h3-4H,2H2,1H3. The van der Waals surface area contributed by atoms with Crippen molar-refractivity contribution in [3.05, 3.63) is 33.5 Å². The van der Waals surface area contributed by atoms with Crippen molar-refractivity contribution in [3.63, 3.8) is 0 Å². The molecule has 0 aliphatic rings. The second-order valence-corrected chi connectivity index (χ2v) is 3.03. The number of nitro groups is 1. The number of pyridine rings is 1. The third kappa shape index (κ3) is 2.73. The van der Waals surface area contributed by atoms with Crippen molar-refractivity contribution in [2.45, 2.75) is 13.1 Å². The van der Waals surface area contributed by atoms with Gasteiger partial charge in [0.1, 0.15) is 6.20 Å². The van der Waals surface area contributed by atoms with Crippen molar-refractivity contribution in [2.24, 2.45) is 0 Å². The molecule has 1 aromatic heterocycles. The van der Waals surface area contributed by atoms with E-state index in [0.717, 1.165) is 12.3 Å². The lowest BCUT2D eigenvalue weighted by Gasteiger charge is -2.10. The molecule has 0 bridgehead atoms. The molecule has 0 saturated heterocycles. The number of carbonyl (C=O) groups excluding carboxylic acids is 1. The van der Waals surface area contributed by atoms with Crippen LogP contribution in [0.2, 0.25) is 0 Å². The summed E-state index contributed by atoms with van der Waals surface area (Å²) in [7, 11) is 0. The number of rotatable bonds is 3. The summed E-state index contributed by atoms with van der Waals surface area (Å²) in [6.07, 6.45) is -4.32. The van der Waals surface area contributed by atoms with Crippen molar-refractivity contribution in [3.8, 4) is 0 Å². The van der Waals surface area contributed by atoms with Crippen LogP contribution in [0.1, 0.15) is 22.8 Å². The minimum absolute atomic E-state index is 0.147. The topological polar surface area (TPSA) is 82.3 Å². The van der Waals surface area contributed by atoms with Crippen molar-refractivity contribution in [2.75, 3.05) is 6.61 Å². The van der Waals surface area contributed by atoms with Crippen molar-refractivity contribution in [1.29, 1.82) is 0 Å². The van der Waals surface area contributed by atoms with Crippen LogP contribution in [0.5, 0.6) is 0 Å². The van der Waals surface area contributed by atoms with Crippen LogP contribution in [-0.2, 0) is 10.9 Å². The molecule has 0 spiro atoms. The molecule has 0 unspecified atom stereocenters. The van der Waals surface area contributed by atoms with Gasteiger partial charge in [0.05, 0.1) is 12.2 Å². The average Bonchev–Trinajstić information content (AvgIpc) is 2.27. The Kier molecular flexibility index (Phi) is 3.84. The molecule has 6 nitrogen and oxygen atoms in total. The van der Waals surface area contributed by atoms with E-state index in [-0.39, 0.29) is 6.61 Å². The number of alkyl halides is 3. The molecule has 98 valence electrons. The SMILES string of the molecule is CCOC(=O)c1ccnc([N+](=O)[O-])c1C(F)(F)F. The summed E-state index contributed by atoms with van der Waals surface area (Å²) in [5.41, 5.74) is -2.63. The first-order chi connectivity index (χ1) is 8.29. The maximum Gasteiger partial charge on any atom is 0.425 e. The minimum atomic E-state index is -5.07. The van der Waals surface area contributed by atoms with Crippen molar-refractivity contribution in [1.82, 2.24) is 4.98 Å². The van der Waals surface area contributed by atoms with Crippen molar-refractivity contribution >= 4 is 11.8 Å². The third-order valence-electron chi connectivity index (χ3n) is 1.88. The third-order valence-corrected chi connectivity index (χ3v) is 1.88. The van der Waals surface area contributed by atoms with Gasteiger partial charge in [-0.05, 0) is 22.9 Å². The zero-order valence-corrected chi connectivity index (χ0v) is 9.02. The number of esters is 1. The van der Waals surface area contributed by atoms with Gasteiger partial charge in [0.15, 0.2) is 5.56 Å². The van der Waals surface area contributed by atoms with E-state index in [1.165, 1.54) is 6.92 Å². The number of nitrogens with zero attached hydrogens (tertiary/aromatic N) is 2. The van der Waals surface area contributed by atoms with E-state index in [1.807, 2.05) is 0 Å². The smallest absolute Gasteiger partial charge is 0.425 e. The van der Waals surface area contributed by atoms with Crippen LogP contribution in [0.15, 0.2) is 12.3 Å². The molecule has 0 aliphatic carbocycles. The van der Waals surface area contributed by atoms with E-state index in [1.54, 1.807) is 0 Å². The molecule has 0 aromatic carbocycles. The van der Waals surface area contributed by atoms with Crippen LogP contribution in [0.4, 0.5) is 19.0 Å². The molecule has 0 saturated carbocycles. The van der Waals surface area contributed by atoms with Gasteiger partial charge in [0.2, 0.25) is 0 Å². The summed E-state index contributed by atoms with van der Waals surface area (Å²) < 4.78 is 42.6. The Bertz CT molecular complexity index is 487. The molecular weight excluding hydrogens is 257 g/mol. The zero-order chi connectivity index (χ0) is 13.9. The van der Waals surface area contributed by atoms with Crippen molar-refractivity contribution < 1.29 is 27.6 Å². The normalized spacial score (nSPS) is 11.1. The molecule has 0 fully saturated rings. The highest BCUT2D eigenvalue weighted by molar-refractivity contribution is 5.92. The Balaban J connectivity index is 3.48. The summed E-state index contributed by atoms with van der Waals surface area (Å²) in [6.45, 7) is 1.26. The first-order valence-electron chi connectivity index (χ1n) is 4.66. The number of aromatic nitrogens is 1. The monoisotopic (exact) mass is 264 g/mol. The average molecular weight is 264 g/mol. The van der Waals surface area contributed by atoms with Crippen LogP contribution >= 0.6 is 0 Å². The molecule has 0 radical (unpaired) electrons. The summed E-state index contributed by atoms with van der Waals surface area (Å²) in [5, 5.41) is 10.5. The number of ether oxygens (including phenoxy) is 1. The number of carbonyl (C=O) groups is 1. The summed E-state index contributed by atoms with van der Waals surface area (Å²) in [6, 6.07) is 0.730. The van der Waals surface area contributed by atoms with Gasteiger partial charge in [-0.15, -0.1) is 0 Å². The fourth-order valence-electron chi connectivity index (χ4n) is 1.25. The van der Waals surface area contributed by atoms with E-state index in [0.29, 0.717) is 0 Å². The largest absolute Gasteiger partial charge is 0.462 e. The van der Waals surface area contributed by atoms with Crippen LogP contribution in [0, 0.1) is 10.1 Å². The highest BCUT2D eigenvalue weighted by Gasteiger charge is 2.44. The van der Waals surface area contributed by atoms with Gasteiger partial charge >= 0.3 is 18.0 Å². The van der Waals surface area contributed by atoms with Crippen LogP contribution in [0.25, 0.3) is 0 Å². The molecule has 9 heteroatoms. The molecule has 1 rings (SSSR count). The lowest BCUT2D eigenvalue weighted by Crippen LogP contribution is -2.18. The van der Waals surface area contributed by atoms with E-state index >= 15 is 0 Å². The molecule has 0 N–H and O–H groups in total. The molecule has 18 heavy (non-hydrogen) atoms. The predicted molar refractivity (Wildman–Crippen MR) is 51.8 cm³/mol. The lowest BCUT2D eigenvalue weighted by atomic mass is 10.1. The van der Waals surface area contributed by atoms with E-state index in [9.17, 15) is 28.1 Å². The lowest BCUT2D eigenvalue weighted by molar-refractivity contribution is -0.392. The van der Waals surface area contributed by atoms with E-state index in [2.05, 4.69) is 9.72 Å². The highest BCUT2D eigenvalue weighted by atomic mass is 19.4. The molecule has 1 heterocycles. The van der Waals surface area contributed by atoms with Crippen LogP contribution in [-0.4, -0.2) is 22.5 Å². The van der Waals surface area contributed by atoms with Crippen LogP contribution < -0.4 is 0 Å². The maximum atomic E-state index is 12.7. The number of halogens is 3. The molecule has 0 atom stereocenters. The summed E-state index contributed by atoms with van der Waals surface area (Å²) in [5.74, 6) is -2.71. The second-order valence-electron chi connectivity index (χ2n) is 3.03.